The summed E-state index contributed by atoms with van der Waals surface area (Å²) in [4.78, 5) is 12.2. The highest BCUT2D eigenvalue weighted by Gasteiger charge is 2.14. The number of ether oxygens (including phenoxy) is 1. The molecule has 0 saturated carbocycles. The number of rotatable bonds is 3. The third-order valence-corrected chi connectivity index (χ3v) is 3.78. The maximum atomic E-state index is 12.2. The molecule has 0 radical (unpaired) electrons. The van der Waals surface area contributed by atoms with Crippen LogP contribution < -0.4 is 10.1 Å². The van der Waals surface area contributed by atoms with Gasteiger partial charge < -0.3 is 15.2 Å². The summed E-state index contributed by atoms with van der Waals surface area (Å²) in [5.74, 6) is 0.0981. The van der Waals surface area contributed by atoms with E-state index in [9.17, 15) is 9.90 Å². The molecule has 0 unspecified atom stereocenters. The Bertz CT molecular complexity index is 661. The Labute approximate surface area is 138 Å². The first kappa shape index (κ1) is 15.1. The molecule has 104 valence electrons. The van der Waals surface area contributed by atoms with Gasteiger partial charge in [-0.3, -0.25) is 4.79 Å². The van der Waals surface area contributed by atoms with Gasteiger partial charge in [0, 0.05) is 8.04 Å². The lowest BCUT2D eigenvalue weighted by Gasteiger charge is -2.11. The highest BCUT2D eigenvalue weighted by atomic mass is 127. The molecule has 0 bridgehead atoms. The molecule has 0 aromatic heterocycles. The van der Waals surface area contributed by atoms with Crippen LogP contribution in [0.2, 0.25) is 0 Å². The van der Waals surface area contributed by atoms with Gasteiger partial charge in [-0.1, -0.05) is 15.9 Å². The fourth-order valence-electron chi connectivity index (χ4n) is 1.66. The number of halogens is 2. The SMILES string of the molecule is COc1ccc(Br)cc1NC(=O)c1cc(I)ccc1O. The molecule has 2 aromatic carbocycles. The summed E-state index contributed by atoms with van der Waals surface area (Å²) < 4.78 is 6.88. The van der Waals surface area contributed by atoms with Crippen LogP contribution in [-0.4, -0.2) is 18.1 Å². The molecule has 0 atom stereocenters. The Balaban J connectivity index is 2.32. The Morgan fingerprint density at radius 3 is 2.75 bits per heavy atom. The number of phenolic OH excluding ortho intramolecular Hbond substituents is 1. The number of carbonyl (C=O) groups is 1. The summed E-state index contributed by atoms with van der Waals surface area (Å²) in [5.41, 5.74) is 0.754. The van der Waals surface area contributed by atoms with Gasteiger partial charge in [0.25, 0.3) is 5.91 Å². The molecular weight excluding hydrogens is 437 g/mol. The van der Waals surface area contributed by atoms with E-state index >= 15 is 0 Å². The van der Waals surface area contributed by atoms with Crippen molar-refractivity contribution in [3.63, 3.8) is 0 Å². The fraction of sp³-hybridized carbons (Fsp3) is 0.0714. The summed E-state index contributed by atoms with van der Waals surface area (Å²) in [5, 5.41) is 12.5. The summed E-state index contributed by atoms with van der Waals surface area (Å²) >= 11 is 5.42. The molecule has 1 amide bonds. The maximum absolute atomic E-state index is 12.2. The Morgan fingerprint density at radius 2 is 2.05 bits per heavy atom. The van der Waals surface area contributed by atoms with Crippen molar-refractivity contribution in [2.75, 3.05) is 12.4 Å². The van der Waals surface area contributed by atoms with Crippen molar-refractivity contribution in [3.8, 4) is 11.5 Å². The number of anilines is 1. The standard InChI is InChI=1S/C14H11BrINO3/c1-20-13-5-2-8(15)6-11(13)17-14(19)10-7-9(16)3-4-12(10)18/h2-7,18H,1H3,(H,17,19). The van der Waals surface area contributed by atoms with Gasteiger partial charge in [-0.25, -0.2) is 0 Å². The predicted octanol–water partition coefficient (Wildman–Crippen LogP) is 4.02. The van der Waals surface area contributed by atoms with E-state index in [0.29, 0.717) is 11.4 Å². The summed E-state index contributed by atoms with van der Waals surface area (Å²) in [6.07, 6.45) is 0. The van der Waals surface area contributed by atoms with Crippen LogP contribution >= 0.6 is 38.5 Å². The van der Waals surface area contributed by atoms with Gasteiger partial charge in [-0.15, -0.1) is 0 Å². The minimum Gasteiger partial charge on any atom is -0.507 e. The van der Waals surface area contributed by atoms with E-state index < -0.39 is 5.91 Å². The molecule has 2 rings (SSSR count). The molecule has 0 aliphatic heterocycles. The van der Waals surface area contributed by atoms with Gasteiger partial charge in [0.15, 0.2) is 0 Å². The van der Waals surface area contributed by atoms with E-state index in [1.54, 1.807) is 24.3 Å². The molecule has 0 heterocycles. The quantitative estimate of drug-likeness (QED) is 0.698. The van der Waals surface area contributed by atoms with Gasteiger partial charge in [-0.2, -0.15) is 0 Å². The number of benzene rings is 2. The van der Waals surface area contributed by atoms with Crippen molar-refractivity contribution < 1.29 is 14.6 Å². The van der Waals surface area contributed by atoms with Crippen LogP contribution in [0.4, 0.5) is 5.69 Å². The van der Waals surface area contributed by atoms with Crippen LogP contribution in [-0.2, 0) is 0 Å². The monoisotopic (exact) mass is 447 g/mol. The summed E-state index contributed by atoms with van der Waals surface area (Å²) in [7, 11) is 1.53. The topological polar surface area (TPSA) is 58.6 Å². The third-order valence-electron chi connectivity index (χ3n) is 2.61. The van der Waals surface area contributed by atoms with Crippen LogP contribution in [0.1, 0.15) is 10.4 Å². The number of hydrogen-bond donors (Lipinski definition) is 2. The molecule has 20 heavy (non-hydrogen) atoms. The molecule has 2 aromatic rings. The van der Waals surface area contributed by atoms with Crippen molar-refractivity contribution in [1.29, 1.82) is 0 Å². The number of amides is 1. The Morgan fingerprint density at radius 1 is 1.30 bits per heavy atom. The lowest BCUT2D eigenvalue weighted by molar-refractivity contribution is 0.102. The molecule has 0 fully saturated rings. The molecule has 0 aliphatic carbocycles. The van der Waals surface area contributed by atoms with Crippen LogP contribution in [0.25, 0.3) is 0 Å². The van der Waals surface area contributed by atoms with Gasteiger partial charge in [0.05, 0.1) is 18.4 Å². The smallest absolute Gasteiger partial charge is 0.259 e. The molecule has 0 spiro atoms. The second kappa shape index (κ2) is 6.45. The van der Waals surface area contributed by atoms with E-state index in [4.69, 9.17) is 4.74 Å². The number of hydrogen-bond acceptors (Lipinski definition) is 3. The van der Waals surface area contributed by atoms with Crippen LogP contribution in [0.15, 0.2) is 40.9 Å². The molecule has 0 aliphatic rings. The van der Waals surface area contributed by atoms with E-state index in [1.807, 2.05) is 6.07 Å². The normalized spacial score (nSPS) is 10.2. The average molecular weight is 448 g/mol. The number of aromatic hydroxyl groups is 1. The molecule has 0 saturated heterocycles. The van der Waals surface area contributed by atoms with Gasteiger partial charge >= 0.3 is 0 Å². The zero-order valence-electron chi connectivity index (χ0n) is 10.5. The van der Waals surface area contributed by atoms with E-state index in [2.05, 4.69) is 43.8 Å². The minimum absolute atomic E-state index is 0.0584. The van der Waals surface area contributed by atoms with Crippen LogP contribution in [0.3, 0.4) is 0 Å². The van der Waals surface area contributed by atoms with Crippen LogP contribution in [0, 0.1) is 3.57 Å². The predicted molar refractivity (Wildman–Crippen MR) is 89.5 cm³/mol. The van der Waals surface area contributed by atoms with Crippen molar-refractivity contribution in [2.45, 2.75) is 0 Å². The highest BCUT2D eigenvalue weighted by molar-refractivity contribution is 14.1. The second-order valence-electron chi connectivity index (χ2n) is 3.96. The minimum atomic E-state index is -0.391. The average Bonchev–Trinajstić information content (AvgIpc) is 2.41. The van der Waals surface area contributed by atoms with E-state index in [0.717, 1.165) is 8.04 Å². The summed E-state index contributed by atoms with van der Waals surface area (Å²) in [6.45, 7) is 0. The zero-order chi connectivity index (χ0) is 14.7. The summed E-state index contributed by atoms with van der Waals surface area (Å²) in [6, 6.07) is 10.1. The van der Waals surface area contributed by atoms with Crippen LogP contribution in [0.5, 0.6) is 11.5 Å². The molecule has 6 heteroatoms. The molecule has 4 nitrogen and oxygen atoms in total. The van der Waals surface area contributed by atoms with E-state index in [1.165, 1.54) is 13.2 Å². The maximum Gasteiger partial charge on any atom is 0.259 e. The number of nitrogens with one attached hydrogen (secondary N) is 1. The Kier molecular flexibility index (Phi) is 4.87. The van der Waals surface area contributed by atoms with Crippen molar-refractivity contribution in [1.82, 2.24) is 0 Å². The third kappa shape index (κ3) is 3.43. The van der Waals surface area contributed by atoms with Crippen molar-refractivity contribution in [2.24, 2.45) is 0 Å². The highest BCUT2D eigenvalue weighted by Crippen LogP contribution is 2.29. The number of carbonyl (C=O) groups excluding carboxylic acids is 1. The first-order chi connectivity index (χ1) is 9.51. The molecule has 2 N–H and O–H groups in total. The second-order valence-corrected chi connectivity index (χ2v) is 6.12. The first-order valence-electron chi connectivity index (χ1n) is 5.64. The largest absolute Gasteiger partial charge is 0.507 e. The van der Waals surface area contributed by atoms with Gasteiger partial charge in [0.1, 0.15) is 11.5 Å². The lowest BCUT2D eigenvalue weighted by atomic mass is 10.2. The number of phenols is 1. The lowest BCUT2D eigenvalue weighted by Crippen LogP contribution is -2.13. The van der Waals surface area contributed by atoms with E-state index in [-0.39, 0.29) is 11.3 Å². The fourth-order valence-corrected chi connectivity index (χ4v) is 2.51. The first-order valence-corrected chi connectivity index (χ1v) is 7.52. The van der Waals surface area contributed by atoms with Crippen molar-refractivity contribution in [3.05, 3.63) is 50.0 Å². The number of methoxy groups -OCH3 is 1. The van der Waals surface area contributed by atoms with Gasteiger partial charge in [-0.05, 0) is 59.0 Å². The zero-order valence-corrected chi connectivity index (χ0v) is 14.2. The Hall–Kier alpha value is -1.28. The van der Waals surface area contributed by atoms with Crippen molar-refractivity contribution >= 4 is 50.1 Å². The van der Waals surface area contributed by atoms with Gasteiger partial charge in [0.2, 0.25) is 0 Å². The molecular formula is C14H11BrINO3.